The molecule has 1 saturated heterocycles. The Hall–Kier alpha value is -3.16. The molecule has 0 saturated carbocycles. The minimum Gasteiger partial charge on any atom is -0.372 e. The van der Waals surface area contributed by atoms with Gasteiger partial charge in [0.15, 0.2) is 0 Å². The number of anilines is 1. The Bertz CT molecular complexity index is 1210. The van der Waals surface area contributed by atoms with Crippen molar-refractivity contribution >= 4 is 27.8 Å². The monoisotopic (exact) mass is 425 g/mol. The van der Waals surface area contributed by atoms with Crippen LogP contribution in [0.2, 0.25) is 0 Å². The van der Waals surface area contributed by atoms with Gasteiger partial charge >= 0.3 is 0 Å². The van der Waals surface area contributed by atoms with Crippen molar-refractivity contribution in [1.29, 1.82) is 5.26 Å². The number of nitrogens with zero attached hydrogens (tertiary/aromatic N) is 3. The summed E-state index contributed by atoms with van der Waals surface area (Å²) >= 11 is 1.72. The lowest BCUT2D eigenvalue weighted by molar-refractivity contribution is 0.578. The molecule has 0 N–H and O–H groups in total. The fourth-order valence-electron chi connectivity index (χ4n) is 4.07. The maximum absolute atomic E-state index is 9.35. The summed E-state index contributed by atoms with van der Waals surface area (Å²) in [6.45, 7) is 6.34. The van der Waals surface area contributed by atoms with Crippen LogP contribution >= 0.6 is 11.3 Å². The van der Waals surface area contributed by atoms with E-state index < -0.39 is 0 Å². The Morgan fingerprint density at radius 3 is 2.42 bits per heavy atom. The molecule has 1 fully saturated rings. The summed E-state index contributed by atoms with van der Waals surface area (Å²) in [6.07, 6.45) is 7.31. The smallest absolute Gasteiger partial charge is 0.101 e. The van der Waals surface area contributed by atoms with Gasteiger partial charge in [-0.2, -0.15) is 5.26 Å². The number of hydrogen-bond acceptors (Lipinski definition) is 4. The lowest BCUT2D eigenvalue weighted by atomic mass is 10.0. The first-order chi connectivity index (χ1) is 15.3. The van der Waals surface area contributed by atoms with Crippen LogP contribution in [-0.4, -0.2) is 18.1 Å². The van der Waals surface area contributed by atoms with Crippen molar-refractivity contribution in [2.45, 2.75) is 33.1 Å². The van der Waals surface area contributed by atoms with Crippen molar-refractivity contribution < 1.29 is 0 Å². The third-order valence-corrected chi connectivity index (χ3v) is 6.81. The van der Waals surface area contributed by atoms with Gasteiger partial charge in [0.05, 0.1) is 5.56 Å². The number of pyridine rings is 1. The molecule has 0 amide bonds. The number of hydrogen-bond donors (Lipinski definition) is 0. The molecule has 1 aliphatic rings. The van der Waals surface area contributed by atoms with Crippen LogP contribution in [0.5, 0.6) is 0 Å². The predicted molar refractivity (Wildman–Crippen MR) is 133 cm³/mol. The average Bonchev–Trinajstić information content (AvgIpc) is 3.35. The zero-order valence-electron chi connectivity index (χ0n) is 18.1. The van der Waals surface area contributed by atoms with Gasteiger partial charge in [0.1, 0.15) is 6.07 Å². The minimum atomic E-state index is 0.615. The summed E-state index contributed by atoms with van der Waals surface area (Å²) in [7, 11) is 0. The molecule has 5 rings (SSSR count). The Balaban J connectivity index is 0.00000112. The third-order valence-electron chi connectivity index (χ3n) is 5.64. The number of piperidine rings is 1. The van der Waals surface area contributed by atoms with E-state index in [0.717, 1.165) is 10.4 Å². The molecule has 0 bridgehead atoms. The second-order valence-electron chi connectivity index (χ2n) is 7.49. The molecule has 2 aromatic heterocycles. The van der Waals surface area contributed by atoms with E-state index in [1.807, 2.05) is 19.9 Å². The second kappa shape index (κ2) is 9.76. The van der Waals surface area contributed by atoms with Crippen LogP contribution in [0, 0.1) is 11.3 Å². The van der Waals surface area contributed by atoms with Crippen molar-refractivity contribution in [2.24, 2.45) is 0 Å². The highest BCUT2D eigenvalue weighted by Gasteiger charge is 2.12. The van der Waals surface area contributed by atoms with Crippen molar-refractivity contribution in [2.75, 3.05) is 18.0 Å². The average molecular weight is 426 g/mol. The van der Waals surface area contributed by atoms with E-state index in [1.54, 1.807) is 23.7 Å². The normalized spacial score (nSPS) is 13.4. The van der Waals surface area contributed by atoms with E-state index in [4.69, 9.17) is 0 Å². The summed E-state index contributed by atoms with van der Waals surface area (Å²) < 4.78 is 0. The number of aromatic nitrogens is 1. The van der Waals surface area contributed by atoms with Crippen LogP contribution in [0.1, 0.15) is 38.7 Å². The maximum atomic E-state index is 9.35. The number of fused-ring (bicyclic) bond motifs is 1. The van der Waals surface area contributed by atoms with Crippen LogP contribution in [0.3, 0.4) is 0 Å². The molecule has 3 heterocycles. The van der Waals surface area contributed by atoms with Crippen molar-refractivity contribution in [1.82, 2.24) is 4.98 Å². The summed E-state index contributed by atoms with van der Waals surface area (Å²) in [5, 5.41) is 11.9. The van der Waals surface area contributed by atoms with Crippen LogP contribution in [-0.2, 0) is 0 Å². The van der Waals surface area contributed by atoms with Crippen molar-refractivity contribution in [3.63, 3.8) is 0 Å². The molecule has 0 atom stereocenters. The Labute approximate surface area is 188 Å². The predicted octanol–water partition coefficient (Wildman–Crippen LogP) is 7.52. The molecule has 0 spiro atoms. The van der Waals surface area contributed by atoms with E-state index in [2.05, 4.69) is 64.5 Å². The maximum Gasteiger partial charge on any atom is 0.101 e. The summed E-state index contributed by atoms with van der Waals surface area (Å²) in [5.74, 6) is 0. The molecule has 4 aromatic rings. The minimum absolute atomic E-state index is 0.615. The topological polar surface area (TPSA) is 39.9 Å². The lowest BCUT2D eigenvalue weighted by Crippen LogP contribution is -2.29. The highest BCUT2D eigenvalue weighted by Crippen LogP contribution is 2.37. The van der Waals surface area contributed by atoms with Crippen molar-refractivity contribution in [3.8, 4) is 27.0 Å². The quantitative estimate of drug-likeness (QED) is 0.341. The third kappa shape index (κ3) is 4.47. The van der Waals surface area contributed by atoms with Gasteiger partial charge in [-0.1, -0.05) is 32.0 Å². The number of rotatable bonds is 3. The summed E-state index contributed by atoms with van der Waals surface area (Å²) in [6, 6.07) is 21.9. The first kappa shape index (κ1) is 21.1. The molecule has 3 nitrogen and oxygen atoms in total. The largest absolute Gasteiger partial charge is 0.372 e. The molecular weight excluding hydrogens is 398 g/mol. The Kier molecular flexibility index (Phi) is 6.64. The van der Waals surface area contributed by atoms with Gasteiger partial charge in [0.25, 0.3) is 0 Å². The van der Waals surface area contributed by atoms with Crippen LogP contribution in [0.25, 0.3) is 31.7 Å². The first-order valence-corrected chi connectivity index (χ1v) is 11.9. The van der Waals surface area contributed by atoms with Gasteiger partial charge in [-0.05, 0) is 72.0 Å². The fourth-order valence-corrected chi connectivity index (χ4v) is 5.11. The van der Waals surface area contributed by atoms with E-state index in [-0.39, 0.29) is 0 Å². The highest BCUT2D eigenvalue weighted by atomic mass is 32.1. The lowest BCUT2D eigenvalue weighted by Gasteiger charge is -2.29. The van der Waals surface area contributed by atoms with Crippen molar-refractivity contribution in [3.05, 3.63) is 72.6 Å². The molecule has 0 unspecified atom stereocenters. The molecule has 4 heteroatoms. The molecule has 2 aromatic carbocycles. The van der Waals surface area contributed by atoms with Gasteiger partial charge in [-0.3, -0.25) is 4.98 Å². The highest BCUT2D eigenvalue weighted by molar-refractivity contribution is 7.18. The SMILES string of the molecule is CC.N#Cc1cnccc1-c1ccc(-c2ccc3cc(N4CCCCC4)ccc3c2)s1. The zero-order valence-corrected chi connectivity index (χ0v) is 19.0. The molecular formula is C27H27N3S. The molecule has 31 heavy (non-hydrogen) atoms. The summed E-state index contributed by atoms with van der Waals surface area (Å²) in [4.78, 5) is 8.87. The van der Waals surface area contributed by atoms with Gasteiger partial charge < -0.3 is 4.90 Å². The number of benzene rings is 2. The van der Waals surface area contributed by atoms with Gasteiger partial charge in [0.2, 0.25) is 0 Å². The molecule has 156 valence electrons. The van der Waals surface area contributed by atoms with Gasteiger partial charge in [0, 0.05) is 46.5 Å². The Morgan fingerprint density at radius 2 is 1.61 bits per heavy atom. The zero-order chi connectivity index (χ0) is 21.6. The van der Waals surface area contributed by atoms with E-state index in [9.17, 15) is 5.26 Å². The van der Waals surface area contributed by atoms with E-state index >= 15 is 0 Å². The molecule has 0 radical (unpaired) electrons. The van der Waals surface area contributed by atoms with Gasteiger partial charge in [-0.25, -0.2) is 0 Å². The van der Waals surface area contributed by atoms with E-state index in [0.29, 0.717) is 5.56 Å². The number of nitriles is 1. The number of thiophene rings is 1. The second-order valence-corrected chi connectivity index (χ2v) is 8.57. The standard InChI is InChI=1S/C25H21N3S.C2H6/c26-16-21-17-27-11-10-23(21)25-9-8-24(29-25)20-5-4-19-15-22(7-6-18(19)14-20)28-12-2-1-3-13-28;1-2/h4-11,14-15,17H,1-3,12-13H2;1-2H3. The fraction of sp³-hybridized carbons (Fsp3) is 0.259. The van der Waals surface area contributed by atoms with Crippen LogP contribution in [0.15, 0.2) is 67.0 Å². The Morgan fingerprint density at radius 1 is 0.871 bits per heavy atom. The van der Waals surface area contributed by atoms with Crippen LogP contribution in [0.4, 0.5) is 5.69 Å². The first-order valence-electron chi connectivity index (χ1n) is 11.1. The molecule has 0 aliphatic carbocycles. The molecule has 1 aliphatic heterocycles. The van der Waals surface area contributed by atoms with E-state index in [1.165, 1.54) is 59.3 Å². The van der Waals surface area contributed by atoms with Crippen LogP contribution < -0.4 is 4.90 Å². The van der Waals surface area contributed by atoms with Gasteiger partial charge in [-0.15, -0.1) is 11.3 Å². The summed E-state index contributed by atoms with van der Waals surface area (Å²) in [5.41, 5.74) is 4.12.